The number of aromatic nitrogens is 2. The summed E-state index contributed by atoms with van der Waals surface area (Å²) in [7, 11) is 0. The van der Waals surface area contributed by atoms with Gasteiger partial charge in [-0.25, -0.2) is 4.98 Å². The Kier molecular flexibility index (Phi) is 4.44. The van der Waals surface area contributed by atoms with E-state index in [9.17, 15) is 13.2 Å². The van der Waals surface area contributed by atoms with Crippen LogP contribution >= 0.6 is 0 Å². The third-order valence-electron chi connectivity index (χ3n) is 2.93. The standard InChI is InChI=1S/C14H16F3N3/c1-11(8-14(15,16)17)19-9-12-2-4-13(5-3-12)20-7-6-18-10-20/h2-7,10-11,19H,8-9H2,1H3. The van der Waals surface area contributed by atoms with Gasteiger partial charge in [0.25, 0.3) is 0 Å². The van der Waals surface area contributed by atoms with Crippen molar-refractivity contribution in [1.29, 1.82) is 0 Å². The summed E-state index contributed by atoms with van der Waals surface area (Å²) in [5.74, 6) is 0. The van der Waals surface area contributed by atoms with Crippen LogP contribution in [0.4, 0.5) is 13.2 Å². The fourth-order valence-corrected chi connectivity index (χ4v) is 1.91. The largest absolute Gasteiger partial charge is 0.390 e. The van der Waals surface area contributed by atoms with E-state index < -0.39 is 18.6 Å². The van der Waals surface area contributed by atoms with Crippen LogP contribution in [-0.2, 0) is 6.54 Å². The number of nitrogens with one attached hydrogen (secondary N) is 1. The second-order valence-corrected chi connectivity index (χ2v) is 4.74. The van der Waals surface area contributed by atoms with E-state index in [1.54, 1.807) is 12.5 Å². The molecule has 20 heavy (non-hydrogen) atoms. The van der Waals surface area contributed by atoms with Gasteiger partial charge in [-0.15, -0.1) is 0 Å². The van der Waals surface area contributed by atoms with E-state index in [2.05, 4.69) is 10.3 Å². The van der Waals surface area contributed by atoms with E-state index in [-0.39, 0.29) is 0 Å². The number of rotatable bonds is 5. The molecule has 1 N–H and O–H groups in total. The number of benzene rings is 1. The Hall–Kier alpha value is -1.82. The summed E-state index contributed by atoms with van der Waals surface area (Å²) in [5, 5.41) is 2.87. The van der Waals surface area contributed by atoms with E-state index in [0.717, 1.165) is 11.3 Å². The molecule has 6 heteroatoms. The van der Waals surface area contributed by atoms with Crippen LogP contribution in [0.5, 0.6) is 0 Å². The summed E-state index contributed by atoms with van der Waals surface area (Å²) in [6.45, 7) is 1.95. The van der Waals surface area contributed by atoms with Crippen molar-refractivity contribution in [2.75, 3.05) is 0 Å². The predicted octanol–water partition coefficient (Wildman–Crippen LogP) is 3.30. The quantitative estimate of drug-likeness (QED) is 0.912. The zero-order valence-corrected chi connectivity index (χ0v) is 11.1. The lowest BCUT2D eigenvalue weighted by Crippen LogP contribution is -2.30. The topological polar surface area (TPSA) is 29.9 Å². The molecule has 108 valence electrons. The van der Waals surface area contributed by atoms with Crippen molar-refractivity contribution in [3.05, 3.63) is 48.5 Å². The van der Waals surface area contributed by atoms with Gasteiger partial charge in [-0.1, -0.05) is 12.1 Å². The first-order valence-corrected chi connectivity index (χ1v) is 6.31. The molecule has 3 nitrogen and oxygen atoms in total. The van der Waals surface area contributed by atoms with Crippen LogP contribution in [0.25, 0.3) is 5.69 Å². The maximum atomic E-state index is 12.2. The maximum absolute atomic E-state index is 12.2. The summed E-state index contributed by atoms with van der Waals surface area (Å²) in [4.78, 5) is 3.96. The van der Waals surface area contributed by atoms with Crippen LogP contribution in [0.3, 0.4) is 0 Å². The van der Waals surface area contributed by atoms with Crippen LogP contribution < -0.4 is 5.32 Å². The Morgan fingerprint density at radius 2 is 1.95 bits per heavy atom. The van der Waals surface area contributed by atoms with Crippen molar-refractivity contribution in [1.82, 2.24) is 14.9 Å². The molecule has 2 aromatic rings. The Bertz CT molecular complexity index is 518. The fraction of sp³-hybridized carbons (Fsp3) is 0.357. The molecule has 0 aliphatic rings. The van der Waals surface area contributed by atoms with Gasteiger partial charge < -0.3 is 9.88 Å². The molecule has 1 heterocycles. The lowest BCUT2D eigenvalue weighted by atomic mass is 10.1. The maximum Gasteiger partial charge on any atom is 0.390 e. The summed E-state index contributed by atoms with van der Waals surface area (Å²) in [6, 6.07) is 7.01. The first kappa shape index (κ1) is 14.6. The van der Waals surface area contributed by atoms with Gasteiger partial charge in [0.15, 0.2) is 0 Å². The SMILES string of the molecule is CC(CC(F)(F)F)NCc1ccc(-n2ccnc2)cc1. The fourth-order valence-electron chi connectivity index (χ4n) is 1.91. The molecule has 0 aliphatic heterocycles. The van der Waals surface area contributed by atoms with Crippen molar-refractivity contribution < 1.29 is 13.2 Å². The van der Waals surface area contributed by atoms with E-state index in [1.165, 1.54) is 6.92 Å². The molecule has 0 fully saturated rings. The molecular weight excluding hydrogens is 267 g/mol. The molecule has 0 aliphatic carbocycles. The summed E-state index contributed by atoms with van der Waals surface area (Å²) >= 11 is 0. The highest BCUT2D eigenvalue weighted by molar-refractivity contribution is 5.34. The minimum absolute atomic E-state index is 0.418. The number of hydrogen-bond acceptors (Lipinski definition) is 2. The van der Waals surface area contributed by atoms with E-state index in [4.69, 9.17) is 0 Å². The molecule has 0 saturated carbocycles. The number of imidazole rings is 1. The number of nitrogens with zero attached hydrogens (tertiary/aromatic N) is 2. The van der Waals surface area contributed by atoms with Crippen molar-refractivity contribution in [2.45, 2.75) is 32.1 Å². The summed E-state index contributed by atoms with van der Waals surface area (Å²) < 4.78 is 38.4. The van der Waals surface area contributed by atoms with E-state index in [1.807, 2.05) is 35.0 Å². The monoisotopic (exact) mass is 283 g/mol. The molecule has 0 amide bonds. The number of halogens is 3. The summed E-state index contributed by atoms with van der Waals surface area (Å²) in [6.07, 6.45) is 0.267. The minimum atomic E-state index is -4.13. The van der Waals surface area contributed by atoms with Crippen molar-refractivity contribution in [3.8, 4) is 5.69 Å². The van der Waals surface area contributed by atoms with Crippen LogP contribution in [0, 0.1) is 0 Å². The third kappa shape index (κ3) is 4.38. The molecule has 1 unspecified atom stereocenters. The Labute approximate surface area is 115 Å². The van der Waals surface area contributed by atoms with Gasteiger partial charge in [0, 0.05) is 30.7 Å². The molecule has 0 bridgehead atoms. The van der Waals surface area contributed by atoms with E-state index in [0.29, 0.717) is 6.54 Å². The van der Waals surface area contributed by atoms with Gasteiger partial charge in [0.1, 0.15) is 0 Å². The molecule has 0 radical (unpaired) electrons. The average molecular weight is 283 g/mol. The minimum Gasteiger partial charge on any atom is -0.310 e. The van der Waals surface area contributed by atoms with E-state index >= 15 is 0 Å². The molecule has 1 atom stereocenters. The molecular formula is C14H16F3N3. The van der Waals surface area contributed by atoms with Gasteiger partial charge in [-0.3, -0.25) is 0 Å². The smallest absolute Gasteiger partial charge is 0.310 e. The highest BCUT2D eigenvalue weighted by Gasteiger charge is 2.29. The molecule has 1 aromatic heterocycles. The van der Waals surface area contributed by atoms with Crippen molar-refractivity contribution in [3.63, 3.8) is 0 Å². The Balaban J connectivity index is 1.88. The van der Waals surface area contributed by atoms with Gasteiger partial charge in [0.05, 0.1) is 12.7 Å². The van der Waals surface area contributed by atoms with Crippen LogP contribution in [-0.4, -0.2) is 21.8 Å². The second-order valence-electron chi connectivity index (χ2n) is 4.74. The number of hydrogen-bond donors (Lipinski definition) is 1. The van der Waals surface area contributed by atoms with Gasteiger partial charge in [0.2, 0.25) is 0 Å². The zero-order valence-electron chi connectivity index (χ0n) is 11.1. The molecule has 0 saturated heterocycles. The lowest BCUT2D eigenvalue weighted by Gasteiger charge is -2.16. The van der Waals surface area contributed by atoms with Gasteiger partial charge >= 0.3 is 6.18 Å². The molecule has 1 aromatic carbocycles. The van der Waals surface area contributed by atoms with Crippen LogP contribution in [0.15, 0.2) is 43.0 Å². The Morgan fingerprint density at radius 3 is 2.50 bits per heavy atom. The predicted molar refractivity (Wildman–Crippen MR) is 70.5 cm³/mol. The van der Waals surface area contributed by atoms with Gasteiger partial charge in [-0.2, -0.15) is 13.2 Å². The van der Waals surface area contributed by atoms with Crippen molar-refractivity contribution in [2.24, 2.45) is 0 Å². The third-order valence-corrected chi connectivity index (χ3v) is 2.93. The zero-order chi connectivity index (χ0) is 14.6. The lowest BCUT2D eigenvalue weighted by molar-refractivity contribution is -0.139. The van der Waals surface area contributed by atoms with Crippen LogP contribution in [0.2, 0.25) is 0 Å². The Morgan fingerprint density at radius 1 is 1.25 bits per heavy atom. The first-order chi connectivity index (χ1) is 9.44. The molecule has 2 rings (SSSR count). The van der Waals surface area contributed by atoms with Crippen LogP contribution in [0.1, 0.15) is 18.9 Å². The first-order valence-electron chi connectivity index (χ1n) is 6.31. The highest BCUT2D eigenvalue weighted by atomic mass is 19.4. The average Bonchev–Trinajstić information content (AvgIpc) is 2.89. The number of alkyl halides is 3. The summed E-state index contributed by atoms with van der Waals surface area (Å²) in [5.41, 5.74) is 1.91. The normalized spacial score (nSPS) is 13.4. The highest BCUT2D eigenvalue weighted by Crippen LogP contribution is 2.21. The van der Waals surface area contributed by atoms with Gasteiger partial charge in [-0.05, 0) is 24.6 Å². The second kappa shape index (κ2) is 6.09. The molecule has 0 spiro atoms. The van der Waals surface area contributed by atoms with Crippen molar-refractivity contribution >= 4 is 0 Å².